The van der Waals surface area contributed by atoms with Crippen molar-refractivity contribution in [2.75, 3.05) is 0 Å². The van der Waals surface area contributed by atoms with Gasteiger partial charge in [-0.1, -0.05) is 6.07 Å². The number of nitrogens with zero attached hydrogens (tertiary/aromatic N) is 1. The van der Waals surface area contributed by atoms with Gasteiger partial charge in [-0.2, -0.15) is 13.2 Å². The van der Waals surface area contributed by atoms with E-state index in [2.05, 4.69) is 0 Å². The van der Waals surface area contributed by atoms with Gasteiger partial charge in [0.1, 0.15) is 6.04 Å². The number of hydrogen-bond acceptors (Lipinski definition) is 2. The fourth-order valence-electron chi connectivity index (χ4n) is 2.82. The molecule has 120 valence electrons. The molecular formula is C15H17F3N2O2. The second-order valence-electron chi connectivity index (χ2n) is 5.51. The van der Waals surface area contributed by atoms with Crippen LogP contribution in [-0.4, -0.2) is 15.6 Å². The number of carboxylic acids is 1. The monoisotopic (exact) mass is 314 g/mol. The Bertz CT molecular complexity index is 732. The second kappa shape index (κ2) is 5.31. The van der Waals surface area contributed by atoms with E-state index in [1.165, 1.54) is 6.07 Å². The van der Waals surface area contributed by atoms with Crippen LogP contribution in [0.3, 0.4) is 0 Å². The highest BCUT2D eigenvalue weighted by Crippen LogP contribution is 2.37. The van der Waals surface area contributed by atoms with Crippen LogP contribution in [-0.2, 0) is 11.0 Å². The van der Waals surface area contributed by atoms with E-state index in [1.54, 1.807) is 11.5 Å². The zero-order chi connectivity index (χ0) is 16.8. The fraction of sp³-hybridized carbons (Fsp3) is 0.400. The minimum absolute atomic E-state index is 0.124. The van der Waals surface area contributed by atoms with E-state index < -0.39 is 23.8 Å². The van der Waals surface area contributed by atoms with Gasteiger partial charge in [0.2, 0.25) is 0 Å². The summed E-state index contributed by atoms with van der Waals surface area (Å²) in [6.45, 7) is 5.32. The van der Waals surface area contributed by atoms with Crippen molar-refractivity contribution < 1.29 is 23.1 Å². The summed E-state index contributed by atoms with van der Waals surface area (Å²) in [6, 6.07) is 1.88. The minimum Gasteiger partial charge on any atom is -0.480 e. The lowest BCUT2D eigenvalue weighted by Gasteiger charge is -2.14. The first kappa shape index (κ1) is 16.4. The normalized spacial score (nSPS) is 13.8. The number of alkyl halides is 3. The number of halogens is 3. The zero-order valence-electron chi connectivity index (χ0n) is 12.4. The summed E-state index contributed by atoms with van der Waals surface area (Å²) in [5, 5.41) is 9.58. The van der Waals surface area contributed by atoms with Crippen LogP contribution in [0.25, 0.3) is 10.9 Å². The summed E-state index contributed by atoms with van der Waals surface area (Å²) in [5.74, 6) is -1.22. The Labute approximate surface area is 125 Å². The van der Waals surface area contributed by atoms with Gasteiger partial charge in [-0.05, 0) is 32.9 Å². The minimum atomic E-state index is -4.46. The lowest BCUT2D eigenvalue weighted by atomic mass is 10.0. The summed E-state index contributed by atoms with van der Waals surface area (Å²) >= 11 is 0. The van der Waals surface area contributed by atoms with Crippen LogP contribution in [0.5, 0.6) is 0 Å². The van der Waals surface area contributed by atoms with Crippen LogP contribution in [0.15, 0.2) is 18.2 Å². The highest BCUT2D eigenvalue weighted by molar-refractivity contribution is 5.91. The van der Waals surface area contributed by atoms with Crippen LogP contribution in [0.2, 0.25) is 0 Å². The van der Waals surface area contributed by atoms with E-state index in [0.29, 0.717) is 22.2 Å². The maximum Gasteiger partial charge on any atom is 0.416 e. The highest BCUT2D eigenvalue weighted by Gasteiger charge is 2.32. The topological polar surface area (TPSA) is 68.2 Å². The smallest absolute Gasteiger partial charge is 0.416 e. The van der Waals surface area contributed by atoms with Gasteiger partial charge in [0.15, 0.2) is 0 Å². The van der Waals surface area contributed by atoms with Gasteiger partial charge in [-0.15, -0.1) is 0 Å². The van der Waals surface area contributed by atoms with Gasteiger partial charge >= 0.3 is 12.1 Å². The van der Waals surface area contributed by atoms with Gasteiger partial charge in [0.05, 0.1) is 5.56 Å². The van der Waals surface area contributed by atoms with Crippen molar-refractivity contribution in [3.63, 3.8) is 0 Å². The van der Waals surface area contributed by atoms with E-state index in [1.807, 2.05) is 13.8 Å². The third-order valence-electron chi connectivity index (χ3n) is 3.72. The summed E-state index contributed by atoms with van der Waals surface area (Å²) in [6.07, 6.45) is -4.46. The number of hydrogen-bond donors (Lipinski definition) is 2. The maximum absolute atomic E-state index is 12.9. The molecule has 1 unspecified atom stereocenters. The van der Waals surface area contributed by atoms with Crippen molar-refractivity contribution >= 4 is 16.9 Å². The molecule has 0 aliphatic rings. The van der Waals surface area contributed by atoms with Crippen LogP contribution < -0.4 is 5.73 Å². The van der Waals surface area contributed by atoms with Gasteiger partial charge in [0, 0.05) is 28.2 Å². The third-order valence-corrected chi connectivity index (χ3v) is 3.72. The van der Waals surface area contributed by atoms with Gasteiger partial charge in [-0.3, -0.25) is 4.79 Å². The number of rotatable bonds is 3. The first-order valence-corrected chi connectivity index (χ1v) is 6.75. The maximum atomic E-state index is 12.9. The molecule has 0 spiro atoms. The predicted octanol–water partition coefficient (Wildman–Crippen LogP) is 3.63. The molecule has 0 amide bonds. The lowest BCUT2D eigenvalue weighted by Crippen LogP contribution is -2.21. The molecule has 4 nitrogen and oxygen atoms in total. The Morgan fingerprint density at radius 2 is 1.91 bits per heavy atom. The molecular weight excluding hydrogens is 297 g/mol. The molecule has 3 N–H and O–H groups in total. The average Bonchev–Trinajstić information content (AvgIpc) is 2.67. The molecule has 0 saturated heterocycles. The molecule has 1 aromatic heterocycles. The standard InChI is InChI=1S/C15H17F3N2O2/c1-7(2)20-8(3)12(13(19)14(21)22)10-5-4-9(6-11(10)20)15(16,17)18/h4-7,13H,19H2,1-3H3,(H,21,22). The summed E-state index contributed by atoms with van der Waals surface area (Å²) < 4.78 is 40.4. The number of carbonyl (C=O) groups is 1. The SMILES string of the molecule is Cc1c(C(N)C(=O)O)c2ccc(C(F)(F)F)cc2n1C(C)C. The average molecular weight is 314 g/mol. The molecule has 22 heavy (non-hydrogen) atoms. The molecule has 0 bridgehead atoms. The van der Waals surface area contributed by atoms with Crippen LogP contribution in [0.1, 0.15) is 42.8 Å². The van der Waals surface area contributed by atoms with Crippen molar-refractivity contribution in [2.24, 2.45) is 5.73 Å². The number of benzene rings is 1. The van der Waals surface area contributed by atoms with Gasteiger partial charge in [-0.25, -0.2) is 0 Å². The number of nitrogens with two attached hydrogens (primary N) is 1. The number of aliphatic carboxylic acids is 1. The van der Waals surface area contributed by atoms with Crippen molar-refractivity contribution in [1.82, 2.24) is 4.57 Å². The molecule has 0 aliphatic heterocycles. The molecule has 0 fully saturated rings. The fourth-order valence-corrected chi connectivity index (χ4v) is 2.82. The number of aromatic nitrogens is 1. The number of fused-ring (bicyclic) bond motifs is 1. The van der Waals surface area contributed by atoms with E-state index >= 15 is 0 Å². The van der Waals surface area contributed by atoms with Crippen LogP contribution in [0.4, 0.5) is 13.2 Å². The molecule has 0 radical (unpaired) electrons. The van der Waals surface area contributed by atoms with Gasteiger partial charge < -0.3 is 15.4 Å². The summed E-state index contributed by atoms with van der Waals surface area (Å²) in [4.78, 5) is 11.2. The number of carboxylic acid groups (broad SMARTS) is 1. The first-order valence-electron chi connectivity index (χ1n) is 6.75. The Balaban J connectivity index is 2.84. The summed E-state index contributed by atoms with van der Waals surface area (Å²) in [7, 11) is 0. The Morgan fingerprint density at radius 1 is 1.32 bits per heavy atom. The van der Waals surface area contributed by atoms with E-state index in [9.17, 15) is 18.0 Å². The third kappa shape index (κ3) is 2.56. The Morgan fingerprint density at radius 3 is 2.36 bits per heavy atom. The quantitative estimate of drug-likeness (QED) is 0.909. The molecule has 7 heteroatoms. The van der Waals surface area contributed by atoms with Crippen molar-refractivity contribution in [2.45, 2.75) is 39.0 Å². The molecule has 0 aliphatic carbocycles. The second-order valence-corrected chi connectivity index (χ2v) is 5.51. The lowest BCUT2D eigenvalue weighted by molar-refractivity contribution is -0.139. The molecule has 0 saturated carbocycles. The van der Waals surface area contributed by atoms with Crippen molar-refractivity contribution in [3.05, 3.63) is 35.0 Å². The zero-order valence-corrected chi connectivity index (χ0v) is 12.4. The van der Waals surface area contributed by atoms with Crippen molar-refractivity contribution in [3.8, 4) is 0 Å². The molecule has 2 aromatic rings. The van der Waals surface area contributed by atoms with Gasteiger partial charge in [0.25, 0.3) is 0 Å². The largest absolute Gasteiger partial charge is 0.480 e. The molecule has 2 rings (SSSR count). The summed E-state index contributed by atoms with van der Waals surface area (Å²) in [5.41, 5.74) is 6.20. The van der Waals surface area contributed by atoms with E-state index in [4.69, 9.17) is 10.8 Å². The Kier molecular flexibility index (Phi) is 3.95. The molecule has 1 heterocycles. The van der Waals surface area contributed by atoms with E-state index in [-0.39, 0.29) is 6.04 Å². The highest BCUT2D eigenvalue weighted by atomic mass is 19.4. The van der Waals surface area contributed by atoms with E-state index in [0.717, 1.165) is 12.1 Å². The Hall–Kier alpha value is -2.02. The van der Waals surface area contributed by atoms with Crippen LogP contribution >= 0.6 is 0 Å². The van der Waals surface area contributed by atoms with Crippen molar-refractivity contribution in [1.29, 1.82) is 0 Å². The predicted molar refractivity (Wildman–Crippen MR) is 76.6 cm³/mol. The molecule has 1 aromatic carbocycles. The molecule has 1 atom stereocenters. The van der Waals surface area contributed by atoms with Crippen LogP contribution in [0, 0.1) is 6.92 Å². The first-order chi connectivity index (χ1) is 10.1.